The van der Waals surface area contributed by atoms with Crippen molar-refractivity contribution in [2.45, 2.75) is 45.1 Å². The highest BCUT2D eigenvalue weighted by Gasteiger charge is 2.29. The molecule has 1 saturated carbocycles. The lowest BCUT2D eigenvalue weighted by Gasteiger charge is -2.35. The molecule has 19 heavy (non-hydrogen) atoms. The lowest BCUT2D eigenvalue weighted by Crippen LogP contribution is -2.45. The molecule has 1 aliphatic carbocycles. The minimum atomic E-state index is -2.79. The van der Waals surface area contributed by atoms with Gasteiger partial charge in [0, 0.05) is 24.8 Å². The second-order valence-corrected chi connectivity index (χ2v) is 4.61. The summed E-state index contributed by atoms with van der Waals surface area (Å²) in [6.45, 7) is 0.472. The molecule has 0 unspecified atom stereocenters. The van der Waals surface area contributed by atoms with Gasteiger partial charge in [-0.1, -0.05) is 18.2 Å². The Morgan fingerprint density at radius 1 is 1.32 bits per heavy atom. The molecular weight excluding hydrogens is 252 g/mol. The monoisotopic (exact) mass is 271 g/mol. The van der Waals surface area contributed by atoms with Crippen molar-refractivity contribution in [1.29, 1.82) is 0 Å². The summed E-state index contributed by atoms with van der Waals surface area (Å²) in [7, 11) is 0. The van der Waals surface area contributed by atoms with Gasteiger partial charge in [0.2, 0.25) is 0 Å². The summed E-state index contributed by atoms with van der Waals surface area (Å²) in [5.41, 5.74) is 0.752. The molecule has 1 fully saturated rings. The van der Waals surface area contributed by atoms with E-state index < -0.39 is 6.61 Å². The molecule has 0 bridgehead atoms. The van der Waals surface area contributed by atoms with E-state index in [1.165, 1.54) is 0 Å². The molecular formula is C14H19F2NO2. The topological polar surface area (TPSA) is 30.5 Å². The zero-order valence-electron chi connectivity index (χ0n) is 10.9. The normalized spacial score (nSPS) is 22.3. The Bertz CT molecular complexity index is 395. The molecule has 1 N–H and O–H groups in total. The average molecular weight is 271 g/mol. The summed E-state index contributed by atoms with van der Waals surface area (Å²) in [5.74, 6) is 0.241. The quantitative estimate of drug-likeness (QED) is 0.827. The second kappa shape index (κ2) is 6.82. The molecule has 1 aromatic rings. The van der Waals surface area contributed by atoms with E-state index in [4.69, 9.17) is 4.74 Å². The summed E-state index contributed by atoms with van der Waals surface area (Å²) in [6.07, 6.45) is 2.30. The maximum absolute atomic E-state index is 12.3. The fraction of sp³-hybridized carbons (Fsp3) is 0.571. The van der Waals surface area contributed by atoms with E-state index in [9.17, 15) is 8.78 Å². The van der Waals surface area contributed by atoms with Crippen LogP contribution in [-0.2, 0) is 11.3 Å². The predicted octanol–water partition coefficient (Wildman–Crippen LogP) is 2.95. The van der Waals surface area contributed by atoms with Crippen LogP contribution in [0, 0.1) is 0 Å². The molecule has 0 aliphatic heterocycles. The maximum atomic E-state index is 12.3. The summed E-state index contributed by atoms with van der Waals surface area (Å²) in [5, 5.41) is 3.33. The number of alkyl halides is 2. The smallest absolute Gasteiger partial charge is 0.387 e. The fourth-order valence-corrected chi connectivity index (χ4v) is 2.22. The first kappa shape index (κ1) is 14.2. The van der Waals surface area contributed by atoms with Crippen molar-refractivity contribution < 1.29 is 18.3 Å². The lowest BCUT2D eigenvalue weighted by atomic mass is 9.89. The van der Waals surface area contributed by atoms with E-state index in [2.05, 4.69) is 10.1 Å². The lowest BCUT2D eigenvalue weighted by molar-refractivity contribution is -0.0506. The standard InChI is InChI=1S/C14H19F2NO2/c1-2-18-12-7-11(8-12)17-9-10-5-3-4-6-13(10)19-14(15)16/h3-6,11-12,14,17H,2,7-9H2,1H3. The van der Waals surface area contributed by atoms with E-state index in [1.807, 2.05) is 13.0 Å². The first-order valence-corrected chi connectivity index (χ1v) is 6.56. The minimum Gasteiger partial charge on any atom is -0.434 e. The van der Waals surface area contributed by atoms with Gasteiger partial charge in [0.1, 0.15) is 5.75 Å². The largest absolute Gasteiger partial charge is 0.434 e. The third-order valence-corrected chi connectivity index (χ3v) is 3.27. The van der Waals surface area contributed by atoms with Crippen LogP contribution < -0.4 is 10.1 Å². The molecule has 1 aliphatic rings. The summed E-state index contributed by atoms with van der Waals surface area (Å²) >= 11 is 0. The number of halogens is 2. The Morgan fingerprint density at radius 2 is 2.05 bits per heavy atom. The summed E-state index contributed by atoms with van der Waals surface area (Å²) in [4.78, 5) is 0. The van der Waals surface area contributed by atoms with Gasteiger partial charge in [-0.15, -0.1) is 0 Å². The maximum Gasteiger partial charge on any atom is 0.387 e. The Balaban J connectivity index is 1.80. The van der Waals surface area contributed by atoms with Crippen molar-refractivity contribution in [2.24, 2.45) is 0 Å². The van der Waals surface area contributed by atoms with Crippen LogP contribution in [0.4, 0.5) is 8.78 Å². The van der Waals surface area contributed by atoms with Crippen LogP contribution in [0.5, 0.6) is 5.75 Å². The third-order valence-electron chi connectivity index (χ3n) is 3.27. The molecule has 0 radical (unpaired) electrons. The average Bonchev–Trinajstić information content (AvgIpc) is 2.33. The van der Waals surface area contributed by atoms with Gasteiger partial charge in [0.25, 0.3) is 0 Å². The number of hydrogen-bond acceptors (Lipinski definition) is 3. The van der Waals surface area contributed by atoms with Crippen LogP contribution >= 0.6 is 0 Å². The molecule has 106 valence electrons. The highest BCUT2D eigenvalue weighted by atomic mass is 19.3. The van der Waals surface area contributed by atoms with Crippen molar-refractivity contribution in [2.75, 3.05) is 6.61 Å². The van der Waals surface area contributed by atoms with Crippen molar-refractivity contribution in [3.63, 3.8) is 0 Å². The number of nitrogens with one attached hydrogen (secondary N) is 1. The molecule has 1 aromatic carbocycles. The van der Waals surface area contributed by atoms with E-state index in [-0.39, 0.29) is 5.75 Å². The van der Waals surface area contributed by atoms with E-state index in [1.54, 1.807) is 18.2 Å². The number of benzene rings is 1. The van der Waals surface area contributed by atoms with Crippen LogP contribution in [0.1, 0.15) is 25.3 Å². The van der Waals surface area contributed by atoms with Crippen molar-refractivity contribution in [3.05, 3.63) is 29.8 Å². The molecule has 0 aromatic heterocycles. The SMILES string of the molecule is CCOC1CC(NCc2ccccc2OC(F)F)C1. The number of rotatable bonds is 7. The van der Waals surface area contributed by atoms with Gasteiger partial charge in [-0.05, 0) is 25.8 Å². The minimum absolute atomic E-state index is 0.241. The van der Waals surface area contributed by atoms with Gasteiger partial charge in [-0.3, -0.25) is 0 Å². The van der Waals surface area contributed by atoms with Gasteiger partial charge in [-0.25, -0.2) is 0 Å². The molecule has 0 atom stereocenters. The second-order valence-electron chi connectivity index (χ2n) is 4.61. The molecule has 3 nitrogen and oxygen atoms in total. The van der Waals surface area contributed by atoms with Crippen LogP contribution in [0.3, 0.4) is 0 Å². The zero-order chi connectivity index (χ0) is 13.7. The molecule has 5 heteroatoms. The summed E-state index contributed by atoms with van der Waals surface area (Å²) < 4.78 is 34.5. The van der Waals surface area contributed by atoms with E-state index >= 15 is 0 Å². The first-order valence-electron chi connectivity index (χ1n) is 6.56. The molecule has 0 amide bonds. The van der Waals surface area contributed by atoms with E-state index in [0.717, 1.165) is 25.0 Å². The number of para-hydroxylation sites is 1. The Morgan fingerprint density at radius 3 is 2.74 bits per heavy atom. The fourth-order valence-electron chi connectivity index (χ4n) is 2.22. The molecule has 0 heterocycles. The van der Waals surface area contributed by atoms with Crippen molar-refractivity contribution in [3.8, 4) is 5.75 Å². The number of ether oxygens (including phenoxy) is 2. The molecule has 2 rings (SSSR count). The van der Waals surface area contributed by atoms with Crippen LogP contribution in [0.25, 0.3) is 0 Å². The van der Waals surface area contributed by atoms with Gasteiger partial charge >= 0.3 is 6.61 Å². The predicted molar refractivity (Wildman–Crippen MR) is 68.3 cm³/mol. The zero-order valence-corrected chi connectivity index (χ0v) is 10.9. The highest BCUT2D eigenvalue weighted by molar-refractivity contribution is 5.33. The molecule has 0 spiro atoms. The van der Waals surface area contributed by atoms with Crippen LogP contribution in [0.15, 0.2) is 24.3 Å². The van der Waals surface area contributed by atoms with Gasteiger partial charge in [0.15, 0.2) is 0 Å². The van der Waals surface area contributed by atoms with Crippen molar-refractivity contribution >= 4 is 0 Å². The highest BCUT2D eigenvalue weighted by Crippen LogP contribution is 2.25. The Hall–Kier alpha value is -1.20. The Kier molecular flexibility index (Phi) is 5.10. The van der Waals surface area contributed by atoms with E-state index in [0.29, 0.717) is 18.7 Å². The van der Waals surface area contributed by atoms with Crippen LogP contribution in [-0.4, -0.2) is 25.4 Å². The summed E-state index contributed by atoms with van der Waals surface area (Å²) in [6, 6.07) is 7.27. The van der Waals surface area contributed by atoms with Crippen molar-refractivity contribution in [1.82, 2.24) is 5.32 Å². The first-order chi connectivity index (χ1) is 9.19. The van der Waals surface area contributed by atoms with Crippen LogP contribution in [0.2, 0.25) is 0 Å². The number of hydrogen-bond donors (Lipinski definition) is 1. The van der Waals surface area contributed by atoms with Gasteiger partial charge in [0.05, 0.1) is 6.10 Å². The van der Waals surface area contributed by atoms with Gasteiger partial charge in [-0.2, -0.15) is 8.78 Å². The molecule has 0 saturated heterocycles. The Labute approximate surface area is 111 Å². The third kappa shape index (κ3) is 4.14. The van der Waals surface area contributed by atoms with Gasteiger partial charge < -0.3 is 14.8 Å².